The summed E-state index contributed by atoms with van der Waals surface area (Å²) in [7, 11) is 0. The molecule has 1 aliphatic heterocycles. The number of amides is 4. The van der Waals surface area contributed by atoms with E-state index in [-0.39, 0.29) is 11.8 Å². The molecule has 0 radical (unpaired) electrons. The lowest BCUT2D eigenvalue weighted by atomic mass is 9.91. The minimum absolute atomic E-state index is 0.106. The first kappa shape index (κ1) is 13.5. The lowest BCUT2D eigenvalue weighted by Crippen LogP contribution is -2.43. The zero-order chi connectivity index (χ0) is 13.9. The van der Waals surface area contributed by atoms with Crippen molar-refractivity contribution in [2.45, 2.75) is 25.3 Å². The number of hydrogen-bond donors (Lipinski definition) is 3. The second-order valence-corrected chi connectivity index (χ2v) is 5.33. The highest BCUT2D eigenvalue weighted by atomic mass is 32.1. The average molecular weight is 281 g/mol. The SMILES string of the molecule is CC(=O)NCCCC1(c2cccs2)NC(=O)NC1=O. The van der Waals surface area contributed by atoms with Crippen LogP contribution in [0.1, 0.15) is 24.6 Å². The number of urea groups is 1. The van der Waals surface area contributed by atoms with Crippen molar-refractivity contribution in [1.29, 1.82) is 0 Å². The van der Waals surface area contributed by atoms with E-state index in [0.717, 1.165) is 4.88 Å². The molecule has 0 saturated carbocycles. The van der Waals surface area contributed by atoms with Gasteiger partial charge in [-0.15, -0.1) is 11.3 Å². The Labute approximate surface area is 114 Å². The molecule has 1 saturated heterocycles. The van der Waals surface area contributed by atoms with E-state index in [2.05, 4.69) is 16.0 Å². The second kappa shape index (κ2) is 5.40. The van der Waals surface area contributed by atoms with Crippen LogP contribution in [-0.2, 0) is 15.1 Å². The number of nitrogens with one attached hydrogen (secondary N) is 3. The maximum atomic E-state index is 12.1. The molecule has 1 fully saturated rings. The van der Waals surface area contributed by atoms with Gasteiger partial charge in [0, 0.05) is 18.3 Å². The van der Waals surface area contributed by atoms with Gasteiger partial charge in [0.05, 0.1) is 0 Å². The van der Waals surface area contributed by atoms with E-state index in [4.69, 9.17) is 0 Å². The maximum Gasteiger partial charge on any atom is 0.322 e. The van der Waals surface area contributed by atoms with E-state index < -0.39 is 11.6 Å². The van der Waals surface area contributed by atoms with E-state index in [1.54, 1.807) is 0 Å². The fraction of sp³-hybridized carbons (Fsp3) is 0.417. The second-order valence-electron chi connectivity index (χ2n) is 4.38. The van der Waals surface area contributed by atoms with Gasteiger partial charge < -0.3 is 10.6 Å². The predicted octanol–water partition coefficient (Wildman–Crippen LogP) is 0.699. The summed E-state index contributed by atoms with van der Waals surface area (Å²) in [5.41, 5.74) is -0.996. The normalized spacial score (nSPS) is 21.9. The van der Waals surface area contributed by atoms with Gasteiger partial charge in [-0.3, -0.25) is 14.9 Å². The first-order valence-electron chi connectivity index (χ1n) is 5.96. The van der Waals surface area contributed by atoms with Crippen molar-refractivity contribution in [1.82, 2.24) is 16.0 Å². The highest BCUT2D eigenvalue weighted by molar-refractivity contribution is 7.10. The van der Waals surface area contributed by atoms with Crippen LogP contribution in [0.15, 0.2) is 17.5 Å². The summed E-state index contributed by atoms with van der Waals surface area (Å²) in [5, 5.41) is 9.52. The molecule has 2 rings (SSSR count). The van der Waals surface area contributed by atoms with Crippen LogP contribution in [-0.4, -0.2) is 24.4 Å². The van der Waals surface area contributed by atoms with Crippen molar-refractivity contribution in [3.8, 4) is 0 Å². The van der Waals surface area contributed by atoms with Crippen LogP contribution in [0.25, 0.3) is 0 Å². The zero-order valence-electron chi connectivity index (χ0n) is 10.5. The molecular weight excluding hydrogens is 266 g/mol. The third-order valence-corrected chi connectivity index (χ3v) is 4.02. The van der Waals surface area contributed by atoms with Crippen molar-refractivity contribution < 1.29 is 14.4 Å². The number of carbonyl (C=O) groups excluding carboxylic acids is 3. The topological polar surface area (TPSA) is 87.3 Å². The van der Waals surface area contributed by atoms with E-state index in [1.165, 1.54) is 18.3 Å². The Bertz CT molecular complexity index is 500. The largest absolute Gasteiger partial charge is 0.356 e. The predicted molar refractivity (Wildman–Crippen MR) is 70.6 cm³/mol. The number of hydrogen-bond acceptors (Lipinski definition) is 4. The van der Waals surface area contributed by atoms with Crippen molar-refractivity contribution in [2.24, 2.45) is 0 Å². The van der Waals surface area contributed by atoms with E-state index >= 15 is 0 Å². The summed E-state index contributed by atoms with van der Waals surface area (Å²) in [6.07, 6.45) is 1.05. The third kappa shape index (κ3) is 2.76. The average Bonchev–Trinajstić information content (AvgIpc) is 2.94. The molecule has 0 spiro atoms. The van der Waals surface area contributed by atoms with Crippen molar-refractivity contribution >= 4 is 29.2 Å². The van der Waals surface area contributed by atoms with Gasteiger partial charge in [-0.1, -0.05) is 6.07 Å². The Morgan fingerprint density at radius 2 is 2.26 bits per heavy atom. The summed E-state index contributed by atoms with van der Waals surface area (Å²) >= 11 is 1.43. The van der Waals surface area contributed by atoms with E-state index in [0.29, 0.717) is 19.4 Å². The standard InChI is InChI=1S/C12H15N3O3S/c1-8(16)13-6-3-5-12(9-4-2-7-19-9)10(17)14-11(18)15-12/h2,4,7H,3,5-6H2,1H3,(H,13,16)(H2,14,15,17,18). The highest BCUT2D eigenvalue weighted by Crippen LogP contribution is 2.32. The maximum absolute atomic E-state index is 12.1. The lowest BCUT2D eigenvalue weighted by molar-refractivity contribution is -0.124. The number of thiophene rings is 1. The highest BCUT2D eigenvalue weighted by Gasteiger charge is 2.47. The van der Waals surface area contributed by atoms with Gasteiger partial charge in [0.1, 0.15) is 0 Å². The van der Waals surface area contributed by atoms with Gasteiger partial charge >= 0.3 is 6.03 Å². The Kier molecular flexibility index (Phi) is 3.84. The molecule has 4 amide bonds. The minimum Gasteiger partial charge on any atom is -0.356 e. The lowest BCUT2D eigenvalue weighted by Gasteiger charge is -2.24. The van der Waals surface area contributed by atoms with Crippen LogP contribution in [0.5, 0.6) is 0 Å². The van der Waals surface area contributed by atoms with Crippen LogP contribution in [0.4, 0.5) is 4.79 Å². The number of imide groups is 1. The van der Waals surface area contributed by atoms with Gasteiger partial charge in [0.2, 0.25) is 5.91 Å². The van der Waals surface area contributed by atoms with Gasteiger partial charge in [-0.05, 0) is 24.3 Å². The molecule has 0 aliphatic carbocycles. The number of carbonyl (C=O) groups is 3. The molecule has 3 N–H and O–H groups in total. The van der Waals surface area contributed by atoms with Crippen LogP contribution in [0, 0.1) is 0 Å². The van der Waals surface area contributed by atoms with E-state index in [1.807, 2.05) is 17.5 Å². The molecule has 0 aromatic carbocycles. The Morgan fingerprint density at radius 1 is 1.47 bits per heavy atom. The molecule has 6 nitrogen and oxygen atoms in total. The summed E-state index contributed by atoms with van der Waals surface area (Å²) in [6.45, 7) is 1.92. The molecule has 0 bridgehead atoms. The Balaban J connectivity index is 2.10. The summed E-state index contributed by atoms with van der Waals surface area (Å²) in [6, 6.07) is 3.19. The van der Waals surface area contributed by atoms with Gasteiger partial charge in [0.15, 0.2) is 5.54 Å². The van der Waals surface area contributed by atoms with Crippen LogP contribution in [0.2, 0.25) is 0 Å². The van der Waals surface area contributed by atoms with Crippen LogP contribution < -0.4 is 16.0 Å². The monoisotopic (exact) mass is 281 g/mol. The van der Waals surface area contributed by atoms with E-state index in [9.17, 15) is 14.4 Å². The van der Waals surface area contributed by atoms with Crippen molar-refractivity contribution in [3.05, 3.63) is 22.4 Å². The van der Waals surface area contributed by atoms with Crippen LogP contribution >= 0.6 is 11.3 Å². The summed E-state index contributed by atoms with van der Waals surface area (Å²) < 4.78 is 0. The van der Waals surface area contributed by atoms with Gasteiger partial charge in [0.25, 0.3) is 5.91 Å². The molecule has 1 aromatic rings. The van der Waals surface area contributed by atoms with Crippen molar-refractivity contribution in [2.75, 3.05) is 6.54 Å². The van der Waals surface area contributed by atoms with Gasteiger partial charge in [-0.2, -0.15) is 0 Å². The van der Waals surface area contributed by atoms with Crippen molar-refractivity contribution in [3.63, 3.8) is 0 Å². The quantitative estimate of drug-likeness (QED) is 0.548. The summed E-state index contributed by atoms with van der Waals surface area (Å²) in [4.78, 5) is 35.1. The number of rotatable bonds is 5. The molecule has 1 unspecified atom stereocenters. The molecule has 7 heteroatoms. The molecule has 1 atom stereocenters. The van der Waals surface area contributed by atoms with Gasteiger partial charge in [-0.25, -0.2) is 4.79 Å². The fourth-order valence-corrected chi connectivity index (χ4v) is 3.01. The Morgan fingerprint density at radius 3 is 2.79 bits per heavy atom. The molecule has 1 aromatic heterocycles. The third-order valence-electron chi connectivity index (χ3n) is 2.99. The first-order valence-corrected chi connectivity index (χ1v) is 6.84. The Hall–Kier alpha value is -1.89. The molecule has 1 aliphatic rings. The smallest absolute Gasteiger partial charge is 0.322 e. The molecule has 19 heavy (non-hydrogen) atoms. The summed E-state index contributed by atoms with van der Waals surface area (Å²) in [5.74, 6) is -0.437. The first-order chi connectivity index (χ1) is 9.04. The molecule has 102 valence electrons. The van der Waals surface area contributed by atoms with Crippen LogP contribution in [0.3, 0.4) is 0 Å². The molecule has 2 heterocycles. The fourth-order valence-electron chi connectivity index (χ4n) is 2.10. The minimum atomic E-state index is -0.996. The molecular formula is C12H15N3O3S. The zero-order valence-corrected chi connectivity index (χ0v) is 11.3.